The molecule has 0 aromatic rings. The Kier molecular flexibility index (Phi) is 35.1. The number of rotatable bonds is 39. The Labute approximate surface area is 326 Å². The molecule has 0 rings (SSSR count). The van der Waals surface area contributed by atoms with Crippen molar-refractivity contribution in [2.24, 2.45) is 0 Å². The number of phosphoric acid groups is 1. The quantitative estimate of drug-likeness (QED) is 0.0200. The molecule has 0 aromatic carbocycles. The lowest BCUT2D eigenvalue weighted by Gasteiger charge is -2.28. The largest absolute Gasteiger partial charge is 0.756 e. The molecule has 0 saturated heterocycles. The topological polar surface area (TPSA) is 111 Å². The van der Waals surface area contributed by atoms with Crippen molar-refractivity contribution < 1.29 is 42.1 Å². The van der Waals surface area contributed by atoms with Crippen LogP contribution in [0.5, 0.6) is 0 Å². The van der Waals surface area contributed by atoms with Crippen LogP contribution in [0.4, 0.5) is 0 Å². The molecule has 0 saturated carbocycles. The predicted molar refractivity (Wildman–Crippen MR) is 218 cm³/mol. The summed E-state index contributed by atoms with van der Waals surface area (Å²) >= 11 is 0. The molecule has 0 fully saturated rings. The van der Waals surface area contributed by atoms with E-state index in [4.69, 9.17) is 18.5 Å². The molecule has 0 spiro atoms. The van der Waals surface area contributed by atoms with E-state index in [1.807, 2.05) is 27.2 Å². The monoisotopic (exact) mass is 772 g/mol. The Morgan fingerprint density at radius 2 is 1.00 bits per heavy atom. The lowest BCUT2D eigenvalue weighted by molar-refractivity contribution is -0.870. The molecule has 10 heteroatoms. The number of phosphoric ester groups is 1. The number of esters is 2. The minimum atomic E-state index is -4.63. The van der Waals surface area contributed by atoms with Gasteiger partial charge in [0.05, 0.1) is 27.7 Å². The van der Waals surface area contributed by atoms with E-state index >= 15 is 0 Å². The molecule has 0 aliphatic heterocycles. The standard InChI is InChI=1S/C43H82NO8P/c1-6-8-10-12-14-16-18-20-22-24-25-27-29-31-33-35-42(45)49-39-41(40-51-53(47,48)50-38-37-44(3,4)5)52-43(46)36-34-32-30-28-26-23-21-19-17-15-13-11-9-7-2/h19,21,29,31,41H,6-18,20,22-28,30,32-40H2,1-5H3/b21-19+,31-29+/t41-/m1/s1. The third kappa shape index (κ3) is 40.0. The van der Waals surface area contributed by atoms with E-state index in [2.05, 4.69) is 32.1 Å². The highest BCUT2D eigenvalue weighted by Gasteiger charge is 2.21. The summed E-state index contributed by atoms with van der Waals surface area (Å²) in [6, 6.07) is 0. The van der Waals surface area contributed by atoms with Gasteiger partial charge in [0, 0.05) is 12.8 Å². The molecule has 53 heavy (non-hydrogen) atoms. The number of hydrogen-bond acceptors (Lipinski definition) is 8. The zero-order valence-corrected chi connectivity index (χ0v) is 35.9. The fourth-order valence-electron chi connectivity index (χ4n) is 5.78. The van der Waals surface area contributed by atoms with Gasteiger partial charge in [-0.25, -0.2) is 0 Å². The molecule has 0 heterocycles. The Bertz CT molecular complexity index is 964. The van der Waals surface area contributed by atoms with Crippen molar-refractivity contribution in [2.75, 3.05) is 47.5 Å². The van der Waals surface area contributed by atoms with E-state index in [9.17, 15) is 19.0 Å². The first-order valence-corrected chi connectivity index (χ1v) is 23.0. The lowest BCUT2D eigenvalue weighted by atomic mass is 10.1. The van der Waals surface area contributed by atoms with Crippen LogP contribution >= 0.6 is 7.82 Å². The van der Waals surface area contributed by atoms with E-state index in [1.54, 1.807) is 0 Å². The molecule has 1 unspecified atom stereocenters. The van der Waals surface area contributed by atoms with Gasteiger partial charge in [-0.05, 0) is 51.4 Å². The summed E-state index contributed by atoms with van der Waals surface area (Å²) in [6.07, 6.45) is 37.8. The minimum Gasteiger partial charge on any atom is -0.756 e. The van der Waals surface area contributed by atoms with Crippen LogP contribution in [0, 0.1) is 0 Å². The number of ether oxygens (including phenoxy) is 2. The van der Waals surface area contributed by atoms with Crippen molar-refractivity contribution in [2.45, 2.75) is 193 Å². The van der Waals surface area contributed by atoms with Gasteiger partial charge in [-0.2, -0.15) is 0 Å². The van der Waals surface area contributed by atoms with Gasteiger partial charge in [0.1, 0.15) is 19.8 Å². The van der Waals surface area contributed by atoms with E-state index < -0.39 is 32.5 Å². The maximum atomic E-state index is 12.6. The summed E-state index contributed by atoms with van der Waals surface area (Å²) in [4.78, 5) is 37.4. The third-order valence-corrected chi connectivity index (χ3v) is 10.2. The first-order chi connectivity index (χ1) is 25.5. The fraction of sp³-hybridized carbons (Fsp3) is 0.860. The molecule has 9 nitrogen and oxygen atoms in total. The van der Waals surface area contributed by atoms with Crippen molar-refractivity contribution in [3.05, 3.63) is 24.3 Å². The van der Waals surface area contributed by atoms with Gasteiger partial charge in [0.25, 0.3) is 7.82 Å². The van der Waals surface area contributed by atoms with Crippen molar-refractivity contribution >= 4 is 19.8 Å². The smallest absolute Gasteiger partial charge is 0.306 e. The maximum Gasteiger partial charge on any atom is 0.306 e. The maximum absolute atomic E-state index is 12.6. The van der Waals surface area contributed by atoms with E-state index in [0.717, 1.165) is 44.9 Å². The highest BCUT2D eigenvalue weighted by molar-refractivity contribution is 7.45. The van der Waals surface area contributed by atoms with Crippen LogP contribution in [-0.2, 0) is 32.7 Å². The van der Waals surface area contributed by atoms with Gasteiger partial charge in [0.2, 0.25) is 0 Å². The van der Waals surface area contributed by atoms with E-state index in [1.165, 1.54) is 103 Å². The Balaban J connectivity index is 4.42. The molecule has 0 aliphatic rings. The van der Waals surface area contributed by atoms with Crippen molar-refractivity contribution in [3.63, 3.8) is 0 Å². The molecule has 0 N–H and O–H groups in total. The van der Waals surface area contributed by atoms with Crippen molar-refractivity contribution in [3.8, 4) is 0 Å². The number of unbranched alkanes of at least 4 members (excludes halogenated alkanes) is 21. The summed E-state index contributed by atoms with van der Waals surface area (Å²) in [6.45, 7) is 4.17. The zero-order chi connectivity index (χ0) is 39.3. The first kappa shape index (κ1) is 51.5. The fourth-order valence-corrected chi connectivity index (χ4v) is 6.51. The van der Waals surface area contributed by atoms with Crippen molar-refractivity contribution in [1.29, 1.82) is 0 Å². The summed E-state index contributed by atoms with van der Waals surface area (Å²) in [5.74, 6) is -0.898. The molecule has 0 radical (unpaired) electrons. The molecule has 0 amide bonds. The van der Waals surface area contributed by atoms with Gasteiger partial charge >= 0.3 is 11.9 Å². The molecule has 312 valence electrons. The third-order valence-electron chi connectivity index (χ3n) is 9.21. The van der Waals surface area contributed by atoms with Gasteiger partial charge in [-0.3, -0.25) is 14.2 Å². The van der Waals surface area contributed by atoms with Gasteiger partial charge in [0.15, 0.2) is 6.10 Å². The average Bonchev–Trinajstić information content (AvgIpc) is 3.10. The summed E-state index contributed by atoms with van der Waals surface area (Å²) < 4.78 is 33.8. The number of quaternary nitrogens is 1. The highest BCUT2D eigenvalue weighted by atomic mass is 31.2. The lowest BCUT2D eigenvalue weighted by Crippen LogP contribution is -2.37. The second-order valence-corrected chi connectivity index (χ2v) is 17.1. The molecule has 2 atom stereocenters. The normalized spacial score (nSPS) is 13.8. The number of carbonyl (C=O) groups excluding carboxylic acids is 2. The molecule has 0 aromatic heterocycles. The highest BCUT2D eigenvalue weighted by Crippen LogP contribution is 2.38. The number of nitrogens with zero attached hydrogens (tertiary/aromatic N) is 1. The molecular formula is C43H82NO8P. The Hall–Kier alpha value is -1.51. The minimum absolute atomic E-state index is 0.0358. The number of likely N-dealkylation sites (N-methyl/N-ethyl adjacent to an activating group) is 1. The van der Waals surface area contributed by atoms with E-state index in [-0.39, 0.29) is 26.1 Å². The van der Waals surface area contributed by atoms with Crippen LogP contribution in [0.2, 0.25) is 0 Å². The van der Waals surface area contributed by atoms with Crippen LogP contribution in [-0.4, -0.2) is 70.0 Å². The van der Waals surface area contributed by atoms with E-state index in [0.29, 0.717) is 23.9 Å². The predicted octanol–water partition coefficient (Wildman–Crippen LogP) is 11.3. The Morgan fingerprint density at radius 1 is 0.566 bits per heavy atom. The van der Waals surface area contributed by atoms with Crippen LogP contribution in [0.15, 0.2) is 24.3 Å². The summed E-state index contributed by atoms with van der Waals surface area (Å²) in [7, 11) is 1.15. The Morgan fingerprint density at radius 3 is 1.47 bits per heavy atom. The van der Waals surface area contributed by atoms with Crippen LogP contribution < -0.4 is 4.89 Å². The van der Waals surface area contributed by atoms with Crippen molar-refractivity contribution in [1.82, 2.24) is 0 Å². The molecule has 0 aliphatic carbocycles. The van der Waals surface area contributed by atoms with Gasteiger partial charge in [-0.15, -0.1) is 0 Å². The second kappa shape index (κ2) is 36.1. The average molecular weight is 772 g/mol. The summed E-state index contributed by atoms with van der Waals surface area (Å²) in [5, 5.41) is 0. The zero-order valence-electron chi connectivity index (χ0n) is 35.0. The van der Waals surface area contributed by atoms with Crippen LogP contribution in [0.25, 0.3) is 0 Å². The van der Waals surface area contributed by atoms with Gasteiger partial charge in [-0.1, -0.05) is 147 Å². The van der Waals surface area contributed by atoms with Crippen LogP contribution in [0.3, 0.4) is 0 Å². The number of carbonyl (C=O) groups is 2. The SMILES string of the molecule is CCCCCCC/C=C/CCCCCCCC(=O)O[C@H](COC(=O)CC/C=C/CCCCCCCCCCCCC)COP(=O)([O-])OCC[N+](C)(C)C. The molecule has 0 bridgehead atoms. The second-order valence-electron chi connectivity index (χ2n) is 15.7. The number of hydrogen-bond donors (Lipinski definition) is 0. The summed E-state index contributed by atoms with van der Waals surface area (Å²) in [5.41, 5.74) is 0. The number of allylic oxidation sites excluding steroid dienone is 4. The molecular weight excluding hydrogens is 689 g/mol. The van der Waals surface area contributed by atoms with Crippen LogP contribution in [0.1, 0.15) is 187 Å². The van der Waals surface area contributed by atoms with Gasteiger partial charge < -0.3 is 27.9 Å². The first-order valence-electron chi connectivity index (χ1n) is 21.5.